The Balaban J connectivity index is 1.80. The van der Waals surface area contributed by atoms with Crippen LogP contribution in [0.5, 0.6) is 0 Å². The van der Waals surface area contributed by atoms with E-state index >= 15 is 0 Å². The number of benzene rings is 1. The Kier molecular flexibility index (Phi) is 7.59. The standard InChI is InChI=1S/C24H33N3OS3/c1-16(2)17-10-8-9-11-18(17)25-21-27(14-24(6,7)15-31-21)22(29)30-13-20-26-19(12-28-20)23(3,4)5/h8-12,16H,13-15H2,1-7H3. The van der Waals surface area contributed by atoms with E-state index in [2.05, 4.69) is 82.6 Å². The van der Waals surface area contributed by atoms with Crippen molar-refractivity contribution in [1.82, 2.24) is 9.88 Å². The molecule has 31 heavy (non-hydrogen) atoms. The summed E-state index contributed by atoms with van der Waals surface area (Å²) in [6, 6.07) is 8.39. The van der Waals surface area contributed by atoms with Gasteiger partial charge in [0.05, 0.1) is 17.1 Å². The minimum Gasteiger partial charge on any atom is -0.448 e. The summed E-state index contributed by atoms with van der Waals surface area (Å²) in [5.74, 6) is 2.77. The predicted molar refractivity (Wildman–Crippen MR) is 140 cm³/mol. The van der Waals surface area contributed by atoms with Crippen LogP contribution < -0.4 is 0 Å². The molecule has 1 aliphatic heterocycles. The molecule has 1 aliphatic rings. The van der Waals surface area contributed by atoms with Crippen molar-refractivity contribution in [3.8, 4) is 0 Å². The van der Waals surface area contributed by atoms with Gasteiger partial charge in [0.2, 0.25) is 5.89 Å². The minimum atomic E-state index is -0.0237. The molecule has 3 rings (SSSR count). The number of amidine groups is 1. The molecule has 1 aromatic heterocycles. The van der Waals surface area contributed by atoms with E-state index in [4.69, 9.17) is 21.6 Å². The molecule has 7 heteroatoms. The van der Waals surface area contributed by atoms with Crippen LogP contribution in [0.1, 0.15) is 71.5 Å². The first-order valence-electron chi connectivity index (χ1n) is 10.7. The Labute approximate surface area is 200 Å². The molecule has 0 aliphatic carbocycles. The Morgan fingerprint density at radius 3 is 2.68 bits per heavy atom. The summed E-state index contributed by atoms with van der Waals surface area (Å²) in [4.78, 5) is 11.9. The first-order valence-corrected chi connectivity index (χ1v) is 13.0. The van der Waals surface area contributed by atoms with Crippen LogP contribution in [0.2, 0.25) is 0 Å². The molecule has 4 nitrogen and oxygen atoms in total. The van der Waals surface area contributed by atoms with E-state index in [-0.39, 0.29) is 10.8 Å². The van der Waals surface area contributed by atoms with E-state index < -0.39 is 0 Å². The lowest BCUT2D eigenvalue weighted by Crippen LogP contribution is -2.45. The second kappa shape index (κ2) is 9.67. The Hall–Kier alpha value is -1.31. The number of oxazole rings is 1. The van der Waals surface area contributed by atoms with Crippen molar-refractivity contribution >= 4 is 50.9 Å². The molecule has 0 N–H and O–H groups in total. The molecule has 1 fully saturated rings. The number of nitrogens with zero attached hydrogens (tertiary/aromatic N) is 3. The summed E-state index contributed by atoms with van der Waals surface area (Å²) in [5, 5.41) is 0.979. The van der Waals surface area contributed by atoms with Crippen LogP contribution in [0, 0.1) is 5.41 Å². The van der Waals surface area contributed by atoms with Crippen LogP contribution in [-0.2, 0) is 11.2 Å². The van der Waals surface area contributed by atoms with Crippen LogP contribution in [0.3, 0.4) is 0 Å². The van der Waals surface area contributed by atoms with Gasteiger partial charge < -0.3 is 9.32 Å². The van der Waals surface area contributed by atoms with Crippen molar-refractivity contribution in [3.63, 3.8) is 0 Å². The van der Waals surface area contributed by atoms with Crippen LogP contribution in [-0.4, -0.2) is 31.7 Å². The maximum absolute atomic E-state index is 5.86. The van der Waals surface area contributed by atoms with Gasteiger partial charge in [-0.3, -0.25) is 0 Å². The zero-order valence-corrected chi connectivity index (χ0v) is 22.0. The van der Waals surface area contributed by atoms with Gasteiger partial charge in [-0.2, -0.15) is 0 Å². The third kappa shape index (κ3) is 6.36. The molecule has 0 amide bonds. The highest BCUT2D eigenvalue weighted by molar-refractivity contribution is 8.22. The maximum Gasteiger partial charge on any atom is 0.204 e. The summed E-state index contributed by atoms with van der Waals surface area (Å²) in [7, 11) is 0. The second-order valence-corrected chi connectivity index (χ2v) is 12.6. The topological polar surface area (TPSA) is 41.6 Å². The minimum absolute atomic E-state index is 0.0237. The molecule has 2 aromatic rings. The average Bonchev–Trinajstić information content (AvgIpc) is 3.17. The van der Waals surface area contributed by atoms with Gasteiger partial charge in [-0.1, -0.05) is 102 Å². The monoisotopic (exact) mass is 475 g/mol. The van der Waals surface area contributed by atoms with Gasteiger partial charge in [0.15, 0.2) is 5.17 Å². The molecule has 0 spiro atoms. The van der Waals surface area contributed by atoms with Crippen LogP contribution >= 0.6 is 35.7 Å². The third-order valence-electron chi connectivity index (χ3n) is 5.04. The van der Waals surface area contributed by atoms with Gasteiger partial charge in [-0.05, 0) is 23.0 Å². The molecule has 168 valence electrons. The molecule has 0 bridgehead atoms. The molecule has 1 aromatic carbocycles. The summed E-state index contributed by atoms with van der Waals surface area (Å²) < 4.78 is 6.51. The van der Waals surface area contributed by atoms with Gasteiger partial charge >= 0.3 is 0 Å². The largest absolute Gasteiger partial charge is 0.448 e. The van der Waals surface area contributed by atoms with Crippen molar-refractivity contribution in [2.75, 3.05) is 12.3 Å². The number of hydrogen-bond acceptors (Lipinski definition) is 6. The van der Waals surface area contributed by atoms with Crippen LogP contribution in [0.25, 0.3) is 0 Å². The molecule has 1 saturated heterocycles. The van der Waals surface area contributed by atoms with E-state index in [9.17, 15) is 0 Å². The van der Waals surface area contributed by atoms with Crippen LogP contribution in [0.4, 0.5) is 5.69 Å². The van der Waals surface area contributed by atoms with Gasteiger partial charge in [0, 0.05) is 17.7 Å². The lowest BCUT2D eigenvalue weighted by atomic mass is 9.93. The van der Waals surface area contributed by atoms with E-state index in [1.165, 1.54) is 5.56 Å². The predicted octanol–water partition coefficient (Wildman–Crippen LogP) is 7.38. The van der Waals surface area contributed by atoms with Crippen molar-refractivity contribution < 1.29 is 4.42 Å². The Morgan fingerprint density at radius 2 is 2.03 bits per heavy atom. The highest BCUT2D eigenvalue weighted by Crippen LogP contribution is 2.36. The Morgan fingerprint density at radius 1 is 1.32 bits per heavy atom. The zero-order valence-electron chi connectivity index (χ0n) is 19.6. The summed E-state index contributed by atoms with van der Waals surface area (Å²) in [6.07, 6.45) is 1.76. The molecule has 0 radical (unpaired) electrons. The fourth-order valence-electron chi connectivity index (χ4n) is 3.22. The second-order valence-electron chi connectivity index (χ2n) is 10.1. The van der Waals surface area contributed by atoms with E-state index in [0.29, 0.717) is 17.6 Å². The van der Waals surface area contributed by atoms with Gasteiger partial charge in [-0.15, -0.1) is 0 Å². The Bertz CT molecular complexity index is 957. The van der Waals surface area contributed by atoms with E-state index in [1.54, 1.807) is 29.8 Å². The van der Waals surface area contributed by atoms with Crippen molar-refractivity contribution in [2.24, 2.45) is 10.4 Å². The van der Waals surface area contributed by atoms with Gasteiger partial charge in [0.1, 0.15) is 10.6 Å². The quantitative estimate of drug-likeness (QED) is 0.430. The zero-order chi connectivity index (χ0) is 22.8. The highest BCUT2D eigenvalue weighted by Gasteiger charge is 2.33. The molecular weight excluding hydrogens is 442 g/mol. The van der Waals surface area contributed by atoms with Crippen molar-refractivity contribution in [3.05, 3.63) is 47.7 Å². The lowest BCUT2D eigenvalue weighted by Gasteiger charge is -2.39. The first-order chi connectivity index (χ1) is 14.5. The number of thioether (sulfide) groups is 2. The highest BCUT2D eigenvalue weighted by atomic mass is 32.2. The number of rotatable bonds is 4. The lowest BCUT2D eigenvalue weighted by molar-refractivity contribution is 0.348. The number of thiocarbonyl (C=S) groups is 1. The average molecular weight is 476 g/mol. The van der Waals surface area contributed by atoms with Crippen LogP contribution in [0.15, 0.2) is 39.9 Å². The molecule has 0 saturated carbocycles. The summed E-state index contributed by atoms with van der Waals surface area (Å²) >= 11 is 9.24. The summed E-state index contributed by atoms with van der Waals surface area (Å²) in [6.45, 7) is 16.2. The van der Waals surface area contributed by atoms with Gasteiger partial charge in [-0.25, -0.2) is 9.98 Å². The SMILES string of the molecule is CC(C)c1ccccc1N=C1SCC(C)(C)CN1C(=S)SCc1nc(C(C)(C)C)co1. The molecular formula is C24H33N3OS3. The number of hydrogen-bond donors (Lipinski definition) is 0. The van der Waals surface area contributed by atoms with Crippen molar-refractivity contribution in [2.45, 2.75) is 65.6 Å². The van der Waals surface area contributed by atoms with E-state index in [0.717, 1.165) is 33.2 Å². The first kappa shape index (κ1) is 24.3. The molecule has 0 unspecified atom stereocenters. The normalized spacial score (nSPS) is 18.1. The number of aromatic nitrogens is 1. The smallest absolute Gasteiger partial charge is 0.204 e. The number of aliphatic imine (C=N–C) groups is 1. The fraction of sp³-hybridized carbons (Fsp3) is 0.542. The van der Waals surface area contributed by atoms with Crippen molar-refractivity contribution in [1.29, 1.82) is 0 Å². The maximum atomic E-state index is 5.86. The fourth-order valence-corrected chi connectivity index (χ4v) is 5.43. The van der Waals surface area contributed by atoms with E-state index in [1.807, 2.05) is 0 Å². The summed E-state index contributed by atoms with van der Waals surface area (Å²) in [5.41, 5.74) is 3.39. The van der Waals surface area contributed by atoms with Gasteiger partial charge in [0.25, 0.3) is 0 Å². The number of para-hydroxylation sites is 1. The molecule has 0 atom stereocenters. The third-order valence-corrected chi connectivity index (χ3v) is 7.97. The molecule has 2 heterocycles.